The van der Waals surface area contributed by atoms with Crippen LogP contribution >= 0.6 is 0 Å². The first-order chi connectivity index (χ1) is 25.8. The van der Waals surface area contributed by atoms with E-state index in [2.05, 4.69) is 30.4 Å². The van der Waals surface area contributed by atoms with Crippen LogP contribution in [-0.4, -0.2) is 92.2 Å². The minimum atomic E-state index is -3.99. The molecule has 1 saturated carbocycles. The Balaban J connectivity index is 1.31. The second-order valence-electron chi connectivity index (χ2n) is 14.5. The highest BCUT2D eigenvalue weighted by Crippen LogP contribution is 2.42. The molecule has 4 amide bonds. The lowest BCUT2D eigenvalue weighted by Crippen LogP contribution is -2.57. The Kier molecular flexibility index (Phi) is 11.6. The van der Waals surface area contributed by atoms with Gasteiger partial charge in [-0.1, -0.05) is 31.9 Å². The molecule has 54 heavy (non-hydrogen) atoms. The van der Waals surface area contributed by atoms with Gasteiger partial charge in [0.1, 0.15) is 41.4 Å². The number of hydrogen-bond donors (Lipinski definition) is 3. The first-order valence-corrected chi connectivity index (χ1v) is 20.0. The molecular weight excluding hydrogens is 720 g/mol. The van der Waals surface area contributed by atoms with Crippen molar-refractivity contribution in [2.75, 3.05) is 6.54 Å². The first kappa shape index (κ1) is 38.8. The maximum absolute atomic E-state index is 14.5. The van der Waals surface area contributed by atoms with Crippen molar-refractivity contribution in [1.29, 1.82) is 0 Å². The fourth-order valence-electron chi connectivity index (χ4n) is 6.73. The van der Waals surface area contributed by atoms with Gasteiger partial charge in [-0.25, -0.2) is 22.8 Å². The number of benzene rings is 1. The van der Waals surface area contributed by atoms with E-state index in [0.29, 0.717) is 49.7 Å². The van der Waals surface area contributed by atoms with Crippen molar-refractivity contribution in [3.63, 3.8) is 0 Å². The van der Waals surface area contributed by atoms with E-state index in [-0.39, 0.29) is 36.5 Å². The van der Waals surface area contributed by atoms with Crippen LogP contribution in [0.4, 0.5) is 4.39 Å². The quantitative estimate of drug-likeness (QED) is 0.287. The van der Waals surface area contributed by atoms with Crippen LogP contribution in [0.1, 0.15) is 94.2 Å². The van der Waals surface area contributed by atoms with Crippen LogP contribution in [0.15, 0.2) is 42.6 Å². The van der Waals surface area contributed by atoms with E-state index < -0.39 is 68.4 Å². The van der Waals surface area contributed by atoms with Crippen molar-refractivity contribution in [2.45, 2.75) is 113 Å². The van der Waals surface area contributed by atoms with Crippen LogP contribution < -0.4 is 20.1 Å². The lowest BCUT2D eigenvalue weighted by atomic mass is 10.0. The number of fused-ring (bicyclic) bond motifs is 2. The molecule has 1 saturated heterocycles. The fraction of sp³-hybridized carbons (Fsp3) is 0.541. The zero-order valence-corrected chi connectivity index (χ0v) is 31.5. The Bertz CT molecular complexity index is 2050. The summed E-state index contributed by atoms with van der Waals surface area (Å²) in [5, 5.41) is 9.73. The van der Waals surface area contributed by atoms with Crippen molar-refractivity contribution in [3.05, 3.63) is 59.8 Å². The van der Waals surface area contributed by atoms with E-state index in [1.807, 2.05) is 19.1 Å². The van der Waals surface area contributed by atoms with Crippen LogP contribution in [0.2, 0.25) is 0 Å². The number of nitrogens with one attached hydrogen (secondary N) is 3. The third-order valence-corrected chi connectivity index (χ3v) is 12.5. The molecule has 3 N–H and O–H groups in total. The largest absolute Gasteiger partial charge is 0.471 e. The van der Waals surface area contributed by atoms with E-state index in [1.165, 1.54) is 33.8 Å². The van der Waals surface area contributed by atoms with E-state index in [9.17, 15) is 32.0 Å². The van der Waals surface area contributed by atoms with Gasteiger partial charge in [0, 0.05) is 25.7 Å². The molecular formula is C37H47FN8O7S. The predicted octanol–water partition coefficient (Wildman–Crippen LogP) is 3.00. The number of carbonyl (C=O) groups is 4. The summed E-state index contributed by atoms with van der Waals surface area (Å²) in [5.74, 6) is -2.98. The second kappa shape index (κ2) is 16.2. The molecule has 15 nitrogen and oxygen atoms in total. The number of nitrogens with zero attached hydrogens (tertiary/aromatic N) is 5. The zero-order chi connectivity index (χ0) is 38.6. The van der Waals surface area contributed by atoms with Gasteiger partial charge in [0.05, 0.1) is 22.3 Å². The number of amides is 4. The van der Waals surface area contributed by atoms with E-state index in [1.54, 1.807) is 20.2 Å². The minimum Gasteiger partial charge on any atom is -0.471 e. The monoisotopic (exact) mass is 766 g/mol. The van der Waals surface area contributed by atoms with Crippen LogP contribution in [0.5, 0.6) is 5.88 Å². The predicted molar refractivity (Wildman–Crippen MR) is 196 cm³/mol. The van der Waals surface area contributed by atoms with Crippen LogP contribution in [0, 0.1) is 5.82 Å². The maximum Gasteiger partial charge on any atom is 0.272 e. The van der Waals surface area contributed by atoms with Crippen molar-refractivity contribution in [1.82, 2.24) is 40.0 Å². The minimum absolute atomic E-state index is 0.0187. The van der Waals surface area contributed by atoms with Gasteiger partial charge in [-0.15, -0.1) is 0 Å². The average Bonchev–Trinajstić information content (AvgIpc) is 3.53. The number of halogens is 1. The summed E-state index contributed by atoms with van der Waals surface area (Å²) < 4.78 is 49.1. The summed E-state index contributed by atoms with van der Waals surface area (Å²) in [6.07, 6.45) is 9.74. The van der Waals surface area contributed by atoms with Crippen molar-refractivity contribution in [2.24, 2.45) is 7.05 Å². The van der Waals surface area contributed by atoms with E-state index in [4.69, 9.17) is 4.74 Å². The summed E-state index contributed by atoms with van der Waals surface area (Å²) in [6.45, 7) is 3.35. The molecule has 6 rings (SSSR count). The number of rotatable bonds is 8. The highest BCUT2D eigenvalue weighted by molar-refractivity contribution is 7.91. The summed E-state index contributed by atoms with van der Waals surface area (Å²) in [7, 11) is -2.32. The highest BCUT2D eigenvalue weighted by Gasteiger charge is 2.51. The van der Waals surface area contributed by atoms with Crippen LogP contribution in [0.3, 0.4) is 0 Å². The molecule has 290 valence electrons. The molecule has 0 radical (unpaired) electrons. The molecule has 4 unspecified atom stereocenters. The van der Waals surface area contributed by atoms with Gasteiger partial charge in [-0.05, 0) is 76.5 Å². The third kappa shape index (κ3) is 8.88. The maximum atomic E-state index is 14.5. The zero-order valence-electron chi connectivity index (χ0n) is 30.7. The number of carbonyl (C=O) groups excluding carboxylic acids is 4. The summed E-state index contributed by atoms with van der Waals surface area (Å²) >= 11 is 0. The first-order valence-electron chi connectivity index (χ1n) is 18.5. The molecule has 2 fully saturated rings. The molecule has 4 heterocycles. The molecule has 0 bridgehead atoms. The summed E-state index contributed by atoms with van der Waals surface area (Å²) in [5.41, 5.74) is 1.38. The van der Waals surface area contributed by atoms with Gasteiger partial charge >= 0.3 is 0 Å². The van der Waals surface area contributed by atoms with Gasteiger partial charge in [-0.3, -0.25) is 28.6 Å². The summed E-state index contributed by atoms with van der Waals surface area (Å²) in [6, 6.07) is 2.19. The number of sulfonamides is 1. The van der Waals surface area contributed by atoms with Gasteiger partial charge in [0.2, 0.25) is 27.7 Å². The summed E-state index contributed by atoms with van der Waals surface area (Å²) in [4.78, 5) is 66.0. The van der Waals surface area contributed by atoms with Gasteiger partial charge < -0.3 is 20.3 Å². The molecule has 17 heteroatoms. The average molecular weight is 767 g/mol. The van der Waals surface area contributed by atoms with Crippen LogP contribution in [-0.2, 0) is 37.9 Å². The number of aromatic nitrogens is 4. The number of hydrogen-bond acceptors (Lipinski definition) is 10. The molecule has 2 aromatic heterocycles. The molecule has 3 aromatic rings. The Morgan fingerprint density at radius 1 is 1.06 bits per heavy atom. The molecule has 2 aliphatic heterocycles. The fourth-order valence-corrected chi connectivity index (χ4v) is 8.02. The smallest absolute Gasteiger partial charge is 0.272 e. The molecule has 4 atom stereocenters. The van der Waals surface area contributed by atoms with Crippen molar-refractivity contribution < 1.29 is 36.7 Å². The Hall–Kier alpha value is -4.93. The highest BCUT2D eigenvalue weighted by atomic mass is 32.2. The van der Waals surface area contributed by atoms with Crippen molar-refractivity contribution >= 4 is 44.7 Å². The number of allylic oxidation sites excluding steroid dienone is 2. The molecule has 1 aliphatic carbocycles. The Morgan fingerprint density at radius 2 is 1.83 bits per heavy atom. The van der Waals surface area contributed by atoms with Gasteiger partial charge in [0.15, 0.2) is 0 Å². The van der Waals surface area contributed by atoms with E-state index in [0.717, 1.165) is 19.3 Å². The lowest BCUT2D eigenvalue weighted by molar-refractivity contribution is -0.140. The third-order valence-electron chi connectivity index (χ3n) is 10.3. The Labute approximate surface area is 313 Å². The lowest BCUT2D eigenvalue weighted by Gasteiger charge is -2.29. The van der Waals surface area contributed by atoms with Crippen LogP contribution in [0.25, 0.3) is 11.0 Å². The second-order valence-corrected chi connectivity index (χ2v) is 16.7. The Morgan fingerprint density at radius 3 is 2.56 bits per heavy atom. The van der Waals surface area contributed by atoms with E-state index >= 15 is 0 Å². The standard InChI is InChI=1S/C37H47FN8O7S/c1-4-25-35(42-30-20-23(38)14-15-26(30)39-25)53-24-21-31-34(49)40-27(33(48)44-54(51,52)37(2)17-18-37)12-10-8-6-5-7-9-11-13-29(36(50)46(31)22-24)41-32(47)28-16-19-45(3)43-28/h6,8,14-16,19-20,24,27,29,31H,4-5,7,9-13,17-18,21-22H2,1-3H3,(H,40,49)(H,41,47)(H,44,48). The molecule has 1 aromatic carbocycles. The van der Waals surface area contributed by atoms with Crippen molar-refractivity contribution in [3.8, 4) is 5.88 Å². The topological polar surface area (TPSA) is 195 Å². The number of aryl methyl sites for hydroxylation is 2. The normalized spacial score (nSPS) is 23.7. The molecule has 0 spiro atoms. The number of ether oxygens (including phenoxy) is 1. The van der Waals surface area contributed by atoms with Gasteiger partial charge in [-0.2, -0.15) is 5.10 Å². The SMILES string of the molecule is CCc1nc2ccc(F)cc2nc1OC1CC2C(=O)NC(C(=O)NS(=O)(=O)C3(C)CC3)CCC=CCCCCCC(NC(=O)c3ccn(C)n3)C(=O)N2C1. The van der Waals surface area contributed by atoms with Gasteiger partial charge in [0.25, 0.3) is 11.8 Å². The molecule has 3 aliphatic rings.